The Morgan fingerprint density at radius 1 is 1.05 bits per heavy atom. The first-order valence-corrected chi connectivity index (χ1v) is 7.23. The van der Waals surface area contributed by atoms with Crippen molar-refractivity contribution in [1.29, 1.82) is 0 Å². The third-order valence-corrected chi connectivity index (χ3v) is 3.81. The summed E-state index contributed by atoms with van der Waals surface area (Å²) in [6.07, 6.45) is 3.19. The fourth-order valence-corrected chi connectivity index (χ4v) is 2.45. The number of alkyl halides is 1. The van der Waals surface area contributed by atoms with E-state index in [4.69, 9.17) is 11.6 Å². The van der Waals surface area contributed by atoms with Crippen molar-refractivity contribution < 1.29 is 0 Å². The maximum absolute atomic E-state index is 5.98. The van der Waals surface area contributed by atoms with Gasteiger partial charge in [-0.05, 0) is 11.1 Å². The third kappa shape index (κ3) is 2.48. The van der Waals surface area contributed by atoms with Crippen molar-refractivity contribution in [2.75, 3.05) is 0 Å². The van der Waals surface area contributed by atoms with E-state index in [1.165, 1.54) is 17.5 Å². The van der Waals surface area contributed by atoms with Gasteiger partial charge in [-0.3, -0.25) is 0 Å². The summed E-state index contributed by atoms with van der Waals surface area (Å²) in [6.45, 7) is 0.715. The lowest BCUT2D eigenvalue weighted by atomic mass is 10.1. The molecule has 0 amide bonds. The number of rotatable bonds is 3. The lowest BCUT2D eigenvalue weighted by Crippen LogP contribution is -1.99. The Labute approximate surface area is 123 Å². The fourth-order valence-electron chi connectivity index (χ4n) is 1.90. The molecule has 4 nitrogen and oxygen atoms in total. The molecule has 0 bridgehead atoms. The molecular formula is C13H10BrClN4. The second-order valence-corrected chi connectivity index (χ2v) is 5.08. The summed E-state index contributed by atoms with van der Waals surface area (Å²) in [5, 5.41) is 1.25. The van der Waals surface area contributed by atoms with Gasteiger partial charge in [-0.1, -0.05) is 51.8 Å². The molecule has 0 aliphatic heterocycles. The Kier molecular flexibility index (Phi) is 3.48. The largest absolute Gasteiger partial charge is 0.311 e. The number of halogens is 2. The molecule has 0 fully saturated rings. The van der Waals surface area contributed by atoms with Crippen LogP contribution in [-0.4, -0.2) is 19.5 Å². The van der Waals surface area contributed by atoms with Gasteiger partial charge >= 0.3 is 0 Å². The van der Waals surface area contributed by atoms with Gasteiger partial charge < -0.3 is 4.57 Å². The van der Waals surface area contributed by atoms with Gasteiger partial charge in [-0.2, -0.15) is 0 Å². The van der Waals surface area contributed by atoms with Crippen LogP contribution in [0, 0.1) is 0 Å². The Hall–Kier alpha value is -1.46. The number of aromatic nitrogens is 4. The lowest BCUT2D eigenvalue weighted by molar-refractivity contribution is 0.813. The van der Waals surface area contributed by atoms with Crippen LogP contribution in [0.4, 0.5) is 0 Å². The van der Waals surface area contributed by atoms with E-state index in [0.29, 0.717) is 17.2 Å². The van der Waals surface area contributed by atoms with Gasteiger partial charge in [0.15, 0.2) is 10.8 Å². The van der Waals surface area contributed by atoms with Crippen molar-refractivity contribution in [1.82, 2.24) is 19.5 Å². The number of benzene rings is 1. The fraction of sp³-hybridized carbons (Fsp3) is 0.154. The van der Waals surface area contributed by atoms with E-state index in [-0.39, 0.29) is 0 Å². The molecule has 0 aliphatic rings. The third-order valence-electron chi connectivity index (χ3n) is 2.89. The van der Waals surface area contributed by atoms with Crippen molar-refractivity contribution in [3.05, 3.63) is 53.2 Å². The summed E-state index contributed by atoms with van der Waals surface area (Å²) in [4.78, 5) is 12.4. The van der Waals surface area contributed by atoms with Crippen LogP contribution in [0.2, 0.25) is 5.15 Å². The lowest BCUT2D eigenvalue weighted by Gasteiger charge is -2.04. The molecule has 3 rings (SSSR count). The van der Waals surface area contributed by atoms with E-state index >= 15 is 0 Å². The van der Waals surface area contributed by atoms with Gasteiger partial charge in [-0.15, -0.1) is 0 Å². The molecule has 1 aromatic carbocycles. The van der Waals surface area contributed by atoms with E-state index in [2.05, 4.69) is 55.1 Å². The van der Waals surface area contributed by atoms with Gasteiger partial charge in [0, 0.05) is 5.33 Å². The molecule has 0 aliphatic carbocycles. The van der Waals surface area contributed by atoms with Gasteiger partial charge in [0.1, 0.15) is 11.8 Å². The van der Waals surface area contributed by atoms with Gasteiger partial charge in [-0.25, -0.2) is 15.0 Å². The molecule has 0 radical (unpaired) electrons. The zero-order chi connectivity index (χ0) is 13.2. The summed E-state index contributed by atoms with van der Waals surface area (Å²) in [7, 11) is 0. The molecule has 0 unspecified atom stereocenters. The van der Waals surface area contributed by atoms with Crippen molar-refractivity contribution in [3.63, 3.8) is 0 Å². The summed E-state index contributed by atoms with van der Waals surface area (Å²) in [5.74, 6) is 0. The number of nitrogens with zero attached hydrogens (tertiary/aromatic N) is 4. The summed E-state index contributed by atoms with van der Waals surface area (Å²) < 4.78 is 1.96. The Morgan fingerprint density at radius 2 is 1.79 bits per heavy atom. The predicted molar refractivity (Wildman–Crippen MR) is 78.5 cm³/mol. The molecule has 3 aromatic rings. The van der Waals surface area contributed by atoms with Crippen LogP contribution in [0.5, 0.6) is 0 Å². The van der Waals surface area contributed by atoms with Crippen molar-refractivity contribution >= 4 is 38.7 Å². The zero-order valence-corrected chi connectivity index (χ0v) is 12.3. The molecule has 96 valence electrons. The maximum Gasteiger partial charge on any atom is 0.165 e. The first-order chi connectivity index (χ1) is 9.28. The smallest absolute Gasteiger partial charge is 0.165 e. The minimum absolute atomic E-state index is 0.387. The van der Waals surface area contributed by atoms with Gasteiger partial charge in [0.25, 0.3) is 0 Å². The predicted octanol–water partition coefficient (Wildman–Crippen LogP) is 3.42. The topological polar surface area (TPSA) is 43.6 Å². The highest BCUT2D eigenvalue weighted by Gasteiger charge is 2.08. The van der Waals surface area contributed by atoms with Crippen LogP contribution in [0.25, 0.3) is 11.2 Å². The van der Waals surface area contributed by atoms with E-state index in [0.717, 1.165) is 11.0 Å². The quantitative estimate of drug-likeness (QED) is 0.543. The molecule has 0 atom stereocenters. The summed E-state index contributed by atoms with van der Waals surface area (Å²) in [5.41, 5.74) is 3.84. The van der Waals surface area contributed by atoms with Gasteiger partial charge in [0.2, 0.25) is 0 Å². The van der Waals surface area contributed by atoms with Crippen LogP contribution in [0.1, 0.15) is 11.1 Å². The average molecular weight is 338 g/mol. The highest BCUT2D eigenvalue weighted by Crippen LogP contribution is 2.18. The molecule has 2 heterocycles. The van der Waals surface area contributed by atoms with E-state index < -0.39 is 0 Å². The average Bonchev–Trinajstić information content (AvgIpc) is 2.84. The van der Waals surface area contributed by atoms with Crippen LogP contribution < -0.4 is 0 Å². The SMILES string of the molecule is Clc1ncnc2c1ncn2Cc1ccc(CBr)cc1. The van der Waals surface area contributed by atoms with Crippen molar-refractivity contribution in [2.24, 2.45) is 0 Å². The Balaban J connectivity index is 1.94. The minimum Gasteiger partial charge on any atom is -0.311 e. The van der Waals surface area contributed by atoms with Crippen molar-refractivity contribution in [3.8, 4) is 0 Å². The molecule has 19 heavy (non-hydrogen) atoms. The van der Waals surface area contributed by atoms with Crippen molar-refractivity contribution in [2.45, 2.75) is 11.9 Å². The Morgan fingerprint density at radius 3 is 2.53 bits per heavy atom. The standard InChI is InChI=1S/C13H10BrClN4/c14-5-9-1-3-10(4-2-9)6-19-8-18-11-12(15)16-7-17-13(11)19/h1-4,7-8H,5-6H2. The number of hydrogen-bond donors (Lipinski definition) is 0. The number of hydrogen-bond acceptors (Lipinski definition) is 3. The monoisotopic (exact) mass is 336 g/mol. The molecule has 2 aromatic heterocycles. The van der Waals surface area contributed by atoms with E-state index in [1.807, 2.05) is 4.57 Å². The molecule has 0 N–H and O–H groups in total. The Bertz CT molecular complexity index is 708. The zero-order valence-electron chi connectivity index (χ0n) is 9.92. The molecular weight excluding hydrogens is 328 g/mol. The maximum atomic E-state index is 5.98. The number of fused-ring (bicyclic) bond motifs is 1. The van der Waals surface area contributed by atoms with Gasteiger partial charge in [0.05, 0.1) is 12.9 Å². The molecule has 0 saturated carbocycles. The minimum atomic E-state index is 0.387. The van der Waals surface area contributed by atoms with Crippen LogP contribution in [0.3, 0.4) is 0 Å². The molecule has 6 heteroatoms. The van der Waals surface area contributed by atoms with E-state index in [1.54, 1.807) is 6.33 Å². The first kappa shape index (κ1) is 12.6. The molecule has 0 saturated heterocycles. The van der Waals surface area contributed by atoms with Crippen LogP contribution in [-0.2, 0) is 11.9 Å². The van der Waals surface area contributed by atoms with Crippen LogP contribution >= 0.6 is 27.5 Å². The summed E-state index contributed by atoms with van der Waals surface area (Å²) >= 11 is 9.42. The first-order valence-electron chi connectivity index (χ1n) is 5.73. The molecule has 0 spiro atoms. The highest BCUT2D eigenvalue weighted by atomic mass is 79.9. The number of imidazole rings is 1. The highest BCUT2D eigenvalue weighted by molar-refractivity contribution is 9.08. The second kappa shape index (κ2) is 5.27. The normalized spacial score (nSPS) is 11.1. The second-order valence-electron chi connectivity index (χ2n) is 4.16. The van der Waals surface area contributed by atoms with E-state index in [9.17, 15) is 0 Å². The summed E-state index contributed by atoms with van der Waals surface area (Å²) in [6, 6.07) is 8.41. The van der Waals surface area contributed by atoms with Crippen LogP contribution in [0.15, 0.2) is 36.9 Å².